The Morgan fingerprint density at radius 1 is 1.43 bits per heavy atom. The Hall–Kier alpha value is -1.88. The minimum atomic E-state index is -0.477. The number of anilines is 1. The van der Waals surface area contributed by atoms with Crippen molar-refractivity contribution in [2.24, 2.45) is 0 Å². The van der Waals surface area contributed by atoms with Crippen molar-refractivity contribution in [3.63, 3.8) is 0 Å². The lowest BCUT2D eigenvalue weighted by Crippen LogP contribution is -2.50. The maximum absolute atomic E-state index is 12.2. The number of likely N-dealkylation sites (N-methyl/N-ethyl adjacent to an activating group) is 1. The lowest BCUT2D eigenvalue weighted by Gasteiger charge is -2.32. The van der Waals surface area contributed by atoms with Crippen molar-refractivity contribution in [3.8, 4) is 0 Å². The maximum atomic E-state index is 12.2. The van der Waals surface area contributed by atoms with E-state index >= 15 is 0 Å². The topological polar surface area (TPSA) is 58.6 Å². The molecule has 1 aromatic carbocycles. The standard InChI is InChI=1S/C16H22N2O3/c1-4-18-7-8-21-16(20)14(18)10-15(19)17-13-6-5-11(2)9-12(13)3/h5-6,9,14H,4,7-8,10H2,1-3H3,(H,17,19)/t14-/m0/s1. The molecule has 21 heavy (non-hydrogen) atoms. The van der Waals surface area contributed by atoms with E-state index in [1.165, 1.54) is 0 Å². The van der Waals surface area contributed by atoms with E-state index in [4.69, 9.17) is 4.74 Å². The minimum absolute atomic E-state index is 0.125. The van der Waals surface area contributed by atoms with Gasteiger partial charge in [-0.15, -0.1) is 0 Å². The van der Waals surface area contributed by atoms with Gasteiger partial charge in [0.25, 0.3) is 0 Å². The highest BCUT2D eigenvalue weighted by molar-refractivity contribution is 5.95. The van der Waals surface area contributed by atoms with Gasteiger partial charge in [0.2, 0.25) is 5.91 Å². The Morgan fingerprint density at radius 3 is 2.86 bits per heavy atom. The number of rotatable bonds is 4. The molecule has 5 nitrogen and oxygen atoms in total. The Morgan fingerprint density at radius 2 is 2.19 bits per heavy atom. The van der Waals surface area contributed by atoms with E-state index in [9.17, 15) is 9.59 Å². The van der Waals surface area contributed by atoms with Gasteiger partial charge in [0, 0.05) is 12.2 Å². The number of carbonyl (C=O) groups is 2. The van der Waals surface area contributed by atoms with Gasteiger partial charge in [0.15, 0.2) is 0 Å². The summed E-state index contributed by atoms with van der Waals surface area (Å²) in [5, 5.41) is 2.88. The fourth-order valence-electron chi connectivity index (χ4n) is 2.59. The molecule has 1 aliphatic rings. The first-order valence-corrected chi connectivity index (χ1v) is 7.29. The van der Waals surface area contributed by atoms with Crippen LogP contribution in [-0.4, -0.2) is 42.5 Å². The third-order valence-corrected chi connectivity index (χ3v) is 3.78. The molecule has 0 bridgehead atoms. The molecule has 114 valence electrons. The highest BCUT2D eigenvalue weighted by atomic mass is 16.5. The fraction of sp³-hybridized carbons (Fsp3) is 0.500. The van der Waals surface area contributed by atoms with Gasteiger partial charge in [-0.25, -0.2) is 0 Å². The second-order valence-corrected chi connectivity index (χ2v) is 5.38. The van der Waals surface area contributed by atoms with Crippen molar-refractivity contribution in [2.45, 2.75) is 33.2 Å². The van der Waals surface area contributed by atoms with Crippen LogP contribution in [0.3, 0.4) is 0 Å². The largest absolute Gasteiger partial charge is 0.463 e. The number of hydrogen-bond donors (Lipinski definition) is 1. The number of morpholine rings is 1. The van der Waals surface area contributed by atoms with Gasteiger partial charge in [-0.2, -0.15) is 0 Å². The Balaban J connectivity index is 2.01. The third-order valence-electron chi connectivity index (χ3n) is 3.78. The summed E-state index contributed by atoms with van der Waals surface area (Å²) < 4.78 is 5.05. The average molecular weight is 290 g/mol. The normalized spacial score (nSPS) is 19.2. The zero-order chi connectivity index (χ0) is 15.4. The van der Waals surface area contributed by atoms with Gasteiger partial charge in [-0.1, -0.05) is 24.6 Å². The molecular formula is C16H22N2O3. The molecule has 0 spiro atoms. The first-order valence-electron chi connectivity index (χ1n) is 7.29. The van der Waals surface area contributed by atoms with Crippen LogP contribution in [0.15, 0.2) is 18.2 Å². The number of amides is 1. The Labute approximate surface area is 125 Å². The number of ether oxygens (including phenoxy) is 1. The molecule has 1 saturated heterocycles. The van der Waals surface area contributed by atoms with Crippen molar-refractivity contribution in [3.05, 3.63) is 29.3 Å². The number of nitrogens with one attached hydrogen (secondary N) is 1. The number of nitrogens with zero attached hydrogens (tertiary/aromatic N) is 1. The van der Waals surface area contributed by atoms with Crippen LogP contribution in [-0.2, 0) is 14.3 Å². The van der Waals surface area contributed by atoms with Crippen molar-refractivity contribution >= 4 is 17.6 Å². The van der Waals surface area contributed by atoms with E-state index in [1.54, 1.807) is 0 Å². The summed E-state index contributed by atoms with van der Waals surface area (Å²) in [4.78, 5) is 26.0. The molecule has 1 atom stereocenters. The summed E-state index contributed by atoms with van der Waals surface area (Å²) in [5.74, 6) is -0.469. The monoisotopic (exact) mass is 290 g/mol. The summed E-state index contributed by atoms with van der Waals surface area (Å²) in [5.41, 5.74) is 2.96. The summed E-state index contributed by atoms with van der Waals surface area (Å²) in [6, 6.07) is 5.38. The van der Waals surface area contributed by atoms with Crippen LogP contribution >= 0.6 is 0 Å². The molecule has 1 N–H and O–H groups in total. The molecule has 2 rings (SSSR count). The molecule has 1 heterocycles. The number of cyclic esters (lactones) is 1. The van der Waals surface area contributed by atoms with Gasteiger partial charge in [0.05, 0.1) is 6.42 Å². The van der Waals surface area contributed by atoms with Gasteiger partial charge in [-0.3, -0.25) is 14.5 Å². The molecule has 1 aromatic rings. The molecule has 1 amide bonds. The SMILES string of the molecule is CCN1CCOC(=O)[C@@H]1CC(=O)Nc1ccc(C)cc1C. The second-order valence-electron chi connectivity index (χ2n) is 5.38. The van der Waals surface area contributed by atoms with Crippen LogP contribution in [0.1, 0.15) is 24.5 Å². The van der Waals surface area contributed by atoms with Crippen LogP contribution in [0.2, 0.25) is 0 Å². The average Bonchev–Trinajstić information content (AvgIpc) is 2.44. The predicted molar refractivity (Wildman–Crippen MR) is 81.2 cm³/mol. The first-order chi connectivity index (χ1) is 10.0. The van der Waals surface area contributed by atoms with Crippen molar-refractivity contribution in [2.75, 3.05) is 25.0 Å². The number of benzene rings is 1. The van der Waals surface area contributed by atoms with E-state index in [0.717, 1.165) is 23.4 Å². The predicted octanol–water partition coefficient (Wildman–Crippen LogP) is 1.88. The zero-order valence-electron chi connectivity index (χ0n) is 12.8. The number of hydrogen-bond acceptors (Lipinski definition) is 4. The molecule has 0 saturated carbocycles. The van der Waals surface area contributed by atoms with Crippen LogP contribution < -0.4 is 5.32 Å². The second kappa shape index (κ2) is 6.72. The number of esters is 1. The first kappa shape index (κ1) is 15.5. The molecule has 5 heteroatoms. The van der Waals surface area contributed by atoms with Crippen molar-refractivity contribution in [1.29, 1.82) is 0 Å². The van der Waals surface area contributed by atoms with Gasteiger partial charge in [0.1, 0.15) is 12.6 Å². The van der Waals surface area contributed by atoms with E-state index in [1.807, 2.05) is 43.9 Å². The molecule has 0 aromatic heterocycles. The van der Waals surface area contributed by atoms with Crippen LogP contribution in [0.25, 0.3) is 0 Å². The number of carbonyl (C=O) groups excluding carboxylic acids is 2. The maximum Gasteiger partial charge on any atom is 0.323 e. The fourth-order valence-corrected chi connectivity index (χ4v) is 2.59. The Bertz CT molecular complexity index is 542. The summed E-state index contributed by atoms with van der Waals surface area (Å²) >= 11 is 0. The van der Waals surface area contributed by atoms with E-state index in [0.29, 0.717) is 13.2 Å². The highest BCUT2D eigenvalue weighted by Gasteiger charge is 2.32. The van der Waals surface area contributed by atoms with E-state index < -0.39 is 6.04 Å². The summed E-state index contributed by atoms with van der Waals surface area (Å²) in [7, 11) is 0. The summed E-state index contributed by atoms with van der Waals surface area (Å²) in [6.45, 7) is 7.77. The molecule has 0 aliphatic carbocycles. The number of aryl methyl sites for hydroxylation is 2. The van der Waals surface area contributed by atoms with Crippen molar-refractivity contribution in [1.82, 2.24) is 4.90 Å². The van der Waals surface area contributed by atoms with Gasteiger partial charge >= 0.3 is 5.97 Å². The molecule has 0 radical (unpaired) electrons. The van der Waals surface area contributed by atoms with Gasteiger partial charge < -0.3 is 10.1 Å². The lowest BCUT2D eigenvalue weighted by atomic mass is 10.1. The van der Waals surface area contributed by atoms with Crippen LogP contribution in [0, 0.1) is 13.8 Å². The van der Waals surface area contributed by atoms with Crippen LogP contribution in [0.5, 0.6) is 0 Å². The molecular weight excluding hydrogens is 268 g/mol. The molecule has 1 aliphatic heterocycles. The summed E-state index contributed by atoms with van der Waals surface area (Å²) in [6.07, 6.45) is 0.125. The highest BCUT2D eigenvalue weighted by Crippen LogP contribution is 2.18. The minimum Gasteiger partial charge on any atom is -0.463 e. The smallest absolute Gasteiger partial charge is 0.323 e. The van der Waals surface area contributed by atoms with Crippen LogP contribution in [0.4, 0.5) is 5.69 Å². The quantitative estimate of drug-likeness (QED) is 0.860. The lowest BCUT2D eigenvalue weighted by molar-refractivity contribution is -0.158. The van der Waals surface area contributed by atoms with Crippen molar-refractivity contribution < 1.29 is 14.3 Å². The van der Waals surface area contributed by atoms with E-state index in [-0.39, 0.29) is 18.3 Å². The molecule has 0 unspecified atom stereocenters. The van der Waals surface area contributed by atoms with Gasteiger partial charge in [-0.05, 0) is 32.0 Å². The third kappa shape index (κ3) is 3.82. The molecule has 1 fully saturated rings. The Kier molecular flexibility index (Phi) is 4.96. The van der Waals surface area contributed by atoms with E-state index in [2.05, 4.69) is 5.32 Å². The zero-order valence-corrected chi connectivity index (χ0v) is 12.8.